The van der Waals surface area contributed by atoms with Crippen molar-refractivity contribution in [3.63, 3.8) is 0 Å². The number of non-ortho nitro benzene ring substituents is 1. The predicted octanol–water partition coefficient (Wildman–Crippen LogP) is 3.91. The van der Waals surface area contributed by atoms with E-state index in [9.17, 15) is 18.5 Å². The highest BCUT2D eigenvalue weighted by molar-refractivity contribution is 7.94. The van der Waals surface area contributed by atoms with Gasteiger partial charge >= 0.3 is 0 Å². The monoisotopic (exact) mass is 319 g/mol. The molecule has 0 aromatic heterocycles. The van der Waals surface area contributed by atoms with Crippen molar-refractivity contribution >= 4 is 21.4 Å². The summed E-state index contributed by atoms with van der Waals surface area (Å²) in [6.45, 7) is 5.29. The largest absolute Gasteiger partial charge is 0.572 e. The summed E-state index contributed by atoms with van der Waals surface area (Å²) >= 11 is 0. The first kappa shape index (κ1) is 16.0. The van der Waals surface area contributed by atoms with Gasteiger partial charge in [-0.25, -0.2) is 8.42 Å². The maximum atomic E-state index is 12.5. The van der Waals surface area contributed by atoms with Gasteiger partial charge in [0.25, 0.3) is 5.69 Å². The van der Waals surface area contributed by atoms with Crippen LogP contribution in [0.15, 0.2) is 41.3 Å². The van der Waals surface area contributed by atoms with Crippen molar-refractivity contribution in [2.75, 3.05) is 0 Å². The summed E-state index contributed by atoms with van der Waals surface area (Å²) in [5.41, 5.74) is 2.00. The van der Waals surface area contributed by atoms with Crippen molar-refractivity contribution in [3.8, 4) is 0 Å². The zero-order chi connectivity index (χ0) is 16.5. The van der Waals surface area contributed by atoms with Crippen molar-refractivity contribution in [2.24, 2.45) is 0 Å². The molecule has 0 aliphatic rings. The average Bonchev–Trinajstić information content (AvgIpc) is 2.36. The van der Waals surface area contributed by atoms with Gasteiger partial charge in [0.1, 0.15) is 10.0 Å². The summed E-state index contributed by atoms with van der Waals surface area (Å²) in [6.07, 6.45) is 0. The molecular formula is C15H15N2O4S-. The molecule has 0 aliphatic heterocycles. The number of sulfonamides is 1. The summed E-state index contributed by atoms with van der Waals surface area (Å²) < 4.78 is 28.7. The van der Waals surface area contributed by atoms with E-state index in [1.165, 1.54) is 18.2 Å². The second-order valence-corrected chi connectivity index (χ2v) is 6.61. The van der Waals surface area contributed by atoms with Crippen molar-refractivity contribution in [3.05, 3.63) is 67.9 Å². The molecule has 0 spiro atoms. The van der Waals surface area contributed by atoms with Crippen LogP contribution >= 0.6 is 0 Å². The number of hydrogen-bond acceptors (Lipinski definition) is 4. The topological polar surface area (TPSA) is 91.4 Å². The quantitative estimate of drug-likeness (QED) is 0.631. The Labute approximate surface area is 129 Å². The van der Waals surface area contributed by atoms with E-state index in [0.29, 0.717) is 11.1 Å². The van der Waals surface area contributed by atoms with Gasteiger partial charge in [-0.15, -0.1) is 5.69 Å². The predicted molar refractivity (Wildman–Crippen MR) is 84.0 cm³/mol. The third-order valence-electron chi connectivity index (χ3n) is 3.13. The molecule has 22 heavy (non-hydrogen) atoms. The van der Waals surface area contributed by atoms with Crippen LogP contribution < -0.4 is 0 Å². The molecule has 6 nitrogen and oxygen atoms in total. The zero-order valence-electron chi connectivity index (χ0n) is 12.4. The normalized spacial score (nSPS) is 11.2. The molecule has 0 N–H and O–H groups in total. The van der Waals surface area contributed by atoms with Crippen LogP contribution in [0.4, 0.5) is 11.4 Å². The first-order chi connectivity index (χ1) is 10.2. The number of aryl methyl sites for hydroxylation is 3. The van der Waals surface area contributed by atoms with E-state index in [0.717, 1.165) is 11.6 Å². The fourth-order valence-corrected chi connectivity index (χ4v) is 3.84. The van der Waals surface area contributed by atoms with Gasteiger partial charge in [0, 0.05) is 12.1 Å². The Kier molecular flexibility index (Phi) is 4.18. The number of nitrogens with zero attached hydrogens (tertiary/aromatic N) is 2. The summed E-state index contributed by atoms with van der Waals surface area (Å²) in [5.74, 6) is 0. The second kappa shape index (κ2) is 5.76. The standard InChI is InChI=1S/C15H15N2O4S/c1-10-7-11(2)15(12(3)8-10)22(20,21)16-13-5-4-6-14(9-13)17(18)19/h4-9H,1-3H3/q-1. The Morgan fingerprint density at radius 1 is 1.05 bits per heavy atom. The summed E-state index contributed by atoms with van der Waals surface area (Å²) in [5, 5.41) is 10.7. The number of nitro benzene ring substituents is 1. The van der Waals surface area contributed by atoms with E-state index >= 15 is 0 Å². The molecule has 0 heterocycles. The van der Waals surface area contributed by atoms with Crippen LogP contribution in [-0.4, -0.2) is 13.3 Å². The van der Waals surface area contributed by atoms with Crippen LogP contribution in [0.25, 0.3) is 4.72 Å². The van der Waals surface area contributed by atoms with Crippen LogP contribution in [-0.2, 0) is 10.0 Å². The minimum absolute atomic E-state index is 0.0357. The molecular weight excluding hydrogens is 304 g/mol. The lowest BCUT2D eigenvalue weighted by Crippen LogP contribution is -2.04. The Morgan fingerprint density at radius 2 is 1.64 bits per heavy atom. The van der Waals surface area contributed by atoms with Crippen LogP contribution in [0.1, 0.15) is 16.7 Å². The van der Waals surface area contributed by atoms with E-state index < -0.39 is 14.9 Å². The molecule has 0 radical (unpaired) electrons. The Balaban J connectivity index is 2.45. The third-order valence-corrected chi connectivity index (χ3v) is 4.74. The molecule has 0 unspecified atom stereocenters. The Hall–Kier alpha value is -2.41. The highest BCUT2D eigenvalue weighted by Gasteiger charge is 2.13. The number of benzene rings is 2. The molecule has 0 fully saturated rings. The van der Waals surface area contributed by atoms with Crippen molar-refractivity contribution in [1.29, 1.82) is 0 Å². The van der Waals surface area contributed by atoms with Crippen LogP contribution in [0.5, 0.6) is 0 Å². The Morgan fingerprint density at radius 3 is 2.18 bits per heavy atom. The van der Waals surface area contributed by atoms with Crippen LogP contribution in [0.3, 0.4) is 0 Å². The van der Waals surface area contributed by atoms with E-state index in [1.807, 2.05) is 6.92 Å². The summed E-state index contributed by atoms with van der Waals surface area (Å²) in [7, 11) is -3.93. The molecule has 2 aromatic carbocycles. The summed E-state index contributed by atoms with van der Waals surface area (Å²) in [6, 6.07) is 8.78. The fraction of sp³-hybridized carbons (Fsp3) is 0.200. The lowest BCUT2D eigenvalue weighted by molar-refractivity contribution is -0.384. The molecule has 0 saturated heterocycles. The first-order valence-corrected chi connectivity index (χ1v) is 7.95. The van der Waals surface area contributed by atoms with Gasteiger partial charge < -0.3 is 4.72 Å². The first-order valence-electron chi connectivity index (χ1n) is 6.51. The third kappa shape index (κ3) is 3.25. The van der Waals surface area contributed by atoms with E-state index in [1.54, 1.807) is 26.0 Å². The van der Waals surface area contributed by atoms with Gasteiger partial charge in [-0.1, -0.05) is 29.8 Å². The van der Waals surface area contributed by atoms with Crippen LogP contribution in [0, 0.1) is 30.9 Å². The van der Waals surface area contributed by atoms with Gasteiger partial charge in [0.2, 0.25) is 0 Å². The minimum atomic E-state index is -3.93. The van der Waals surface area contributed by atoms with E-state index in [2.05, 4.69) is 4.72 Å². The van der Waals surface area contributed by atoms with Gasteiger partial charge in [-0.2, -0.15) is 0 Å². The van der Waals surface area contributed by atoms with Crippen molar-refractivity contribution in [2.45, 2.75) is 25.7 Å². The molecule has 0 aliphatic carbocycles. The fourth-order valence-electron chi connectivity index (χ4n) is 2.42. The second-order valence-electron chi connectivity index (χ2n) is 5.07. The maximum Gasteiger partial charge on any atom is 0.268 e. The Bertz CT molecular complexity index is 821. The molecule has 116 valence electrons. The maximum absolute atomic E-state index is 12.5. The van der Waals surface area contributed by atoms with E-state index in [-0.39, 0.29) is 16.3 Å². The molecule has 2 aromatic rings. The highest BCUT2D eigenvalue weighted by Crippen LogP contribution is 2.33. The number of rotatable bonds is 4. The van der Waals surface area contributed by atoms with Gasteiger partial charge in [-0.05, 0) is 31.9 Å². The van der Waals surface area contributed by atoms with Crippen LogP contribution in [0.2, 0.25) is 0 Å². The molecule has 0 amide bonds. The minimum Gasteiger partial charge on any atom is -0.572 e. The SMILES string of the molecule is Cc1cc(C)c(S(=O)(=O)[N-]c2cccc([N+](=O)[O-])c2)c(C)c1. The number of hydrogen-bond donors (Lipinski definition) is 0. The van der Waals surface area contributed by atoms with Crippen molar-refractivity contribution in [1.82, 2.24) is 0 Å². The van der Waals surface area contributed by atoms with Crippen molar-refractivity contribution < 1.29 is 13.3 Å². The molecule has 0 bridgehead atoms. The van der Waals surface area contributed by atoms with E-state index in [4.69, 9.17) is 0 Å². The molecule has 7 heteroatoms. The zero-order valence-corrected chi connectivity index (χ0v) is 13.2. The van der Waals surface area contributed by atoms with Gasteiger partial charge in [0.05, 0.1) is 9.82 Å². The smallest absolute Gasteiger partial charge is 0.268 e. The number of nitro groups is 1. The lowest BCUT2D eigenvalue weighted by Gasteiger charge is -2.24. The van der Waals surface area contributed by atoms with Gasteiger partial charge in [0.15, 0.2) is 0 Å². The van der Waals surface area contributed by atoms with Gasteiger partial charge in [-0.3, -0.25) is 10.1 Å². The average molecular weight is 319 g/mol. The highest BCUT2D eigenvalue weighted by atomic mass is 32.2. The molecule has 0 atom stereocenters. The molecule has 2 rings (SSSR count). The lowest BCUT2D eigenvalue weighted by atomic mass is 10.1. The molecule has 0 saturated carbocycles. The summed E-state index contributed by atoms with van der Waals surface area (Å²) in [4.78, 5) is 10.3.